The van der Waals surface area contributed by atoms with E-state index in [1.165, 1.54) is 11.1 Å². The lowest BCUT2D eigenvalue weighted by Gasteiger charge is -2.22. The molecule has 0 radical (unpaired) electrons. The lowest BCUT2D eigenvalue weighted by Crippen LogP contribution is -2.32. The van der Waals surface area contributed by atoms with Crippen LogP contribution in [0.3, 0.4) is 0 Å². The van der Waals surface area contributed by atoms with E-state index in [0.717, 1.165) is 44.6 Å². The maximum Gasteiger partial charge on any atom is 0.253 e. The Bertz CT molecular complexity index is 429. The largest absolute Gasteiger partial charge is 0.339 e. The Morgan fingerprint density at radius 3 is 2.89 bits per heavy atom. The van der Waals surface area contributed by atoms with Gasteiger partial charge in [-0.1, -0.05) is 13.0 Å². The molecule has 0 saturated heterocycles. The van der Waals surface area contributed by atoms with E-state index < -0.39 is 0 Å². The highest BCUT2D eigenvalue weighted by Crippen LogP contribution is 2.17. The molecule has 1 aliphatic rings. The molecule has 0 bridgehead atoms. The number of hydrogen-bond acceptors (Lipinski definition) is 2. The Kier molecular flexibility index (Phi) is 4.37. The topological polar surface area (TPSA) is 32.3 Å². The first-order valence-electron chi connectivity index (χ1n) is 6.88. The van der Waals surface area contributed by atoms with Crippen molar-refractivity contribution in [1.82, 2.24) is 10.2 Å². The molecule has 1 heterocycles. The zero-order valence-corrected chi connectivity index (χ0v) is 11.3. The van der Waals surface area contributed by atoms with E-state index in [0.29, 0.717) is 0 Å². The van der Waals surface area contributed by atoms with E-state index in [-0.39, 0.29) is 5.91 Å². The highest BCUT2D eigenvalue weighted by molar-refractivity contribution is 5.94. The van der Waals surface area contributed by atoms with Gasteiger partial charge in [-0.25, -0.2) is 0 Å². The minimum Gasteiger partial charge on any atom is -0.339 e. The summed E-state index contributed by atoms with van der Waals surface area (Å²) in [7, 11) is 0. The lowest BCUT2D eigenvalue weighted by molar-refractivity contribution is 0.0764. The minimum absolute atomic E-state index is 0.160. The quantitative estimate of drug-likeness (QED) is 0.883. The molecule has 98 valence electrons. The van der Waals surface area contributed by atoms with Crippen molar-refractivity contribution in [3.63, 3.8) is 0 Å². The molecule has 3 heteroatoms. The van der Waals surface area contributed by atoms with Gasteiger partial charge in [-0.15, -0.1) is 0 Å². The van der Waals surface area contributed by atoms with Gasteiger partial charge in [-0.2, -0.15) is 0 Å². The average Bonchev–Trinajstić information content (AvgIpc) is 2.43. The first-order valence-corrected chi connectivity index (χ1v) is 6.88. The van der Waals surface area contributed by atoms with Crippen molar-refractivity contribution >= 4 is 5.91 Å². The Morgan fingerprint density at radius 2 is 2.17 bits per heavy atom. The molecule has 2 rings (SSSR count). The van der Waals surface area contributed by atoms with E-state index in [1.807, 2.05) is 17.9 Å². The summed E-state index contributed by atoms with van der Waals surface area (Å²) in [5.74, 6) is 0.160. The van der Waals surface area contributed by atoms with Crippen LogP contribution in [0.1, 0.15) is 41.8 Å². The van der Waals surface area contributed by atoms with Crippen LogP contribution in [0.5, 0.6) is 0 Å². The molecule has 0 spiro atoms. The summed E-state index contributed by atoms with van der Waals surface area (Å²) in [6, 6.07) is 6.15. The summed E-state index contributed by atoms with van der Waals surface area (Å²) >= 11 is 0. The van der Waals surface area contributed by atoms with Gasteiger partial charge >= 0.3 is 0 Å². The Morgan fingerprint density at radius 1 is 1.33 bits per heavy atom. The normalized spacial score (nSPS) is 14.1. The fourth-order valence-corrected chi connectivity index (χ4v) is 2.47. The van der Waals surface area contributed by atoms with Crippen LogP contribution >= 0.6 is 0 Å². The summed E-state index contributed by atoms with van der Waals surface area (Å²) in [6.45, 7) is 7.68. The molecule has 1 aromatic carbocycles. The van der Waals surface area contributed by atoms with E-state index >= 15 is 0 Å². The molecular formula is C15H22N2O. The van der Waals surface area contributed by atoms with Crippen molar-refractivity contribution in [1.29, 1.82) is 0 Å². The number of carbonyl (C=O) groups is 1. The van der Waals surface area contributed by atoms with Gasteiger partial charge in [0, 0.05) is 25.2 Å². The monoisotopic (exact) mass is 246 g/mol. The first kappa shape index (κ1) is 13.1. The zero-order valence-electron chi connectivity index (χ0n) is 11.3. The summed E-state index contributed by atoms with van der Waals surface area (Å²) in [6.07, 6.45) is 2.07. The predicted molar refractivity (Wildman–Crippen MR) is 73.7 cm³/mol. The van der Waals surface area contributed by atoms with E-state index in [2.05, 4.69) is 24.4 Å². The molecule has 1 amide bonds. The van der Waals surface area contributed by atoms with Gasteiger partial charge < -0.3 is 10.2 Å². The summed E-state index contributed by atoms with van der Waals surface area (Å²) in [5, 5.41) is 3.35. The van der Waals surface area contributed by atoms with Crippen molar-refractivity contribution in [2.45, 2.75) is 33.2 Å². The third kappa shape index (κ3) is 2.72. The van der Waals surface area contributed by atoms with Crippen LogP contribution in [-0.2, 0) is 13.0 Å². The Balaban J connectivity index is 2.19. The zero-order chi connectivity index (χ0) is 13.0. The molecule has 0 aromatic heterocycles. The van der Waals surface area contributed by atoms with Gasteiger partial charge in [0.2, 0.25) is 0 Å². The van der Waals surface area contributed by atoms with E-state index in [4.69, 9.17) is 0 Å². The fraction of sp³-hybridized carbons (Fsp3) is 0.533. The maximum atomic E-state index is 12.4. The SMILES string of the molecule is CCCN(CC)C(=O)c1ccc2c(c1)CNCC2. The number of hydrogen-bond donors (Lipinski definition) is 1. The molecule has 18 heavy (non-hydrogen) atoms. The third-order valence-corrected chi connectivity index (χ3v) is 3.50. The Hall–Kier alpha value is -1.35. The average molecular weight is 246 g/mol. The first-order chi connectivity index (χ1) is 8.76. The summed E-state index contributed by atoms with van der Waals surface area (Å²) < 4.78 is 0. The van der Waals surface area contributed by atoms with E-state index in [1.54, 1.807) is 0 Å². The van der Waals surface area contributed by atoms with Gasteiger partial charge in [-0.05, 0) is 49.6 Å². The van der Waals surface area contributed by atoms with Crippen LogP contribution in [0, 0.1) is 0 Å². The highest BCUT2D eigenvalue weighted by atomic mass is 16.2. The molecule has 1 aromatic rings. The van der Waals surface area contributed by atoms with Crippen LogP contribution in [0.4, 0.5) is 0 Å². The summed E-state index contributed by atoms with van der Waals surface area (Å²) in [5.41, 5.74) is 3.48. The number of carbonyl (C=O) groups excluding carboxylic acids is 1. The Labute approximate surface area is 109 Å². The maximum absolute atomic E-state index is 12.4. The number of benzene rings is 1. The van der Waals surface area contributed by atoms with Crippen LogP contribution in [0.2, 0.25) is 0 Å². The molecule has 1 aliphatic heterocycles. The van der Waals surface area contributed by atoms with Crippen LogP contribution in [0.25, 0.3) is 0 Å². The predicted octanol–water partition coefficient (Wildman–Crippen LogP) is 2.20. The minimum atomic E-state index is 0.160. The van der Waals surface area contributed by atoms with Gasteiger partial charge in [0.05, 0.1) is 0 Å². The van der Waals surface area contributed by atoms with Crippen LogP contribution in [0.15, 0.2) is 18.2 Å². The standard InChI is InChI=1S/C15H22N2O/c1-3-9-17(4-2)15(18)13-6-5-12-7-8-16-11-14(12)10-13/h5-6,10,16H,3-4,7-9,11H2,1-2H3. The molecule has 0 unspecified atom stereocenters. The van der Waals surface area contributed by atoms with E-state index in [9.17, 15) is 4.79 Å². The van der Waals surface area contributed by atoms with Crippen molar-refractivity contribution in [2.75, 3.05) is 19.6 Å². The molecule has 0 saturated carbocycles. The van der Waals surface area contributed by atoms with Crippen molar-refractivity contribution in [2.24, 2.45) is 0 Å². The van der Waals surface area contributed by atoms with Crippen molar-refractivity contribution < 1.29 is 4.79 Å². The second-order valence-corrected chi connectivity index (χ2v) is 4.80. The highest BCUT2D eigenvalue weighted by Gasteiger charge is 2.16. The molecule has 0 atom stereocenters. The second-order valence-electron chi connectivity index (χ2n) is 4.80. The smallest absolute Gasteiger partial charge is 0.253 e. The van der Waals surface area contributed by atoms with Gasteiger partial charge in [0.1, 0.15) is 0 Å². The van der Waals surface area contributed by atoms with Gasteiger partial charge in [0.15, 0.2) is 0 Å². The molecular weight excluding hydrogens is 224 g/mol. The van der Waals surface area contributed by atoms with Gasteiger partial charge in [0.25, 0.3) is 5.91 Å². The van der Waals surface area contributed by atoms with Crippen LogP contribution in [-0.4, -0.2) is 30.4 Å². The number of nitrogens with zero attached hydrogens (tertiary/aromatic N) is 1. The summed E-state index contributed by atoms with van der Waals surface area (Å²) in [4.78, 5) is 14.3. The lowest BCUT2D eigenvalue weighted by atomic mass is 9.98. The molecule has 1 N–H and O–H groups in total. The number of nitrogens with one attached hydrogen (secondary N) is 1. The molecule has 0 fully saturated rings. The molecule has 0 aliphatic carbocycles. The fourth-order valence-electron chi connectivity index (χ4n) is 2.47. The van der Waals surface area contributed by atoms with Crippen LogP contribution < -0.4 is 5.32 Å². The van der Waals surface area contributed by atoms with Gasteiger partial charge in [-0.3, -0.25) is 4.79 Å². The number of amides is 1. The van der Waals surface area contributed by atoms with Crippen molar-refractivity contribution in [3.8, 4) is 0 Å². The number of fused-ring (bicyclic) bond motifs is 1. The second kappa shape index (κ2) is 6.01. The molecule has 3 nitrogen and oxygen atoms in total. The third-order valence-electron chi connectivity index (χ3n) is 3.50. The van der Waals surface area contributed by atoms with Crippen molar-refractivity contribution in [3.05, 3.63) is 34.9 Å². The number of rotatable bonds is 4.